The minimum absolute atomic E-state index is 0.191. The molecular formula is C15H23N5OS. The average molecular weight is 321 g/mol. The van der Waals surface area contributed by atoms with Crippen LogP contribution in [0, 0.1) is 6.92 Å². The first-order valence-corrected chi connectivity index (χ1v) is 8.73. The highest BCUT2D eigenvalue weighted by atomic mass is 32.1. The van der Waals surface area contributed by atoms with Gasteiger partial charge in [0.05, 0.1) is 16.7 Å². The Hall–Kier alpha value is -1.31. The lowest BCUT2D eigenvalue weighted by atomic mass is 10.2. The highest BCUT2D eigenvalue weighted by Gasteiger charge is 2.25. The number of nitrogens with zero attached hydrogens (tertiary/aromatic N) is 5. The van der Waals surface area contributed by atoms with E-state index in [2.05, 4.69) is 44.2 Å². The third-order valence-electron chi connectivity index (χ3n) is 4.15. The van der Waals surface area contributed by atoms with Gasteiger partial charge in [-0.3, -0.25) is 9.80 Å². The van der Waals surface area contributed by atoms with Crippen LogP contribution >= 0.6 is 11.3 Å². The number of rotatable bonds is 5. The number of thiazole rings is 1. The summed E-state index contributed by atoms with van der Waals surface area (Å²) in [5.41, 5.74) is 1.19. The van der Waals surface area contributed by atoms with E-state index in [1.54, 1.807) is 11.3 Å². The minimum atomic E-state index is 0.191. The van der Waals surface area contributed by atoms with E-state index in [4.69, 9.17) is 4.42 Å². The van der Waals surface area contributed by atoms with Crippen molar-refractivity contribution < 1.29 is 4.42 Å². The fourth-order valence-corrected chi connectivity index (χ4v) is 3.36. The normalized spacial score (nSPS) is 18.7. The van der Waals surface area contributed by atoms with Crippen LogP contribution < -0.4 is 0 Å². The average Bonchev–Trinajstić information content (AvgIpc) is 3.16. The molecule has 0 aliphatic carbocycles. The molecule has 2 aromatic rings. The lowest BCUT2D eigenvalue weighted by molar-refractivity contribution is 0.0863. The number of hydrogen-bond donors (Lipinski definition) is 0. The molecule has 120 valence electrons. The van der Waals surface area contributed by atoms with Gasteiger partial charge in [-0.15, -0.1) is 21.5 Å². The van der Waals surface area contributed by atoms with Crippen LogP contribution in [0.3, 0.4) is 0 Å². The molecule has 0 radical (unpaired) electrons. The van der Waals surface area contributed by atoms with Crippen molar-refractivity contribution >= 4 is 11.3 Å². The van der Waals surface area contributed by atoms with Gasteiger partial charge in [-0.25, -0.2) is 4.98 Å². The maximum Gasteiger partial charge on any atom is 0.233 e. The highest BCUT2D eigenvalue weighted by molar-refractivity contribution is 7.09. The summed E-state index contributed by atoms with van der Waals surface area (Å²) in [6, 6.07) is 0.191. The van der Waals surface area contributed by atoms with Gasteiger partial charge in [0.15, 0.2) is 0 Å². The quantitative estimate of drug-likeness (QED) is 0.842. The Labute approximate surface area is 135 Å². The Morgan fingerprint density at radius 3 is 2.64 bits per heavy atom. The maximum absolute atomic E-state index is 5.69. The van der Waals surface area contributed by atoms with Crippen molar-refractivity contribution in [3.8, 4) is 0 Å². The molecule has 6 nitrogen and oxygen atoms in total. The van der Waals surface area contributed by atoms with Crippen molar-refractivity contribution in [3.63, 3.8) is 0 Å². The van der Waals surface area contributed by atoms with E-state index in [0.29, 0.717) is 0 Å². The summed E-state index contributed by atoms with van der Waals surface area (Å²) in [5, 5.41) is 11.5. The first-order valence-electron chi connectivity index (χ1n) is 7.85. The van der Waals surface area contributed by atoms with Crippen LogP contribution in [-0.4, -0.2) is 51.2 Å². The molecule has 2 aromatic heterocycles. The zero-order valence-electron chi connectivity index (χ0n) is 13.4. The molecule has 0 saturated carbocycles. The summed E-state index contributed by atoms with van der Waals surface area (Å²) in [6.07, 6.45) is 0.792. The Morgan fingerprint density at radius 2 is 2.05 bits per heavy atom. The molecule has 1 saturated heterocycles. The van der Waals surface area contributed by atoms with Crippen molar-refractivity contribution in [2.45, 2.75) is 39.8 Å². The van der Waals surface area contributed by atoms with Gasteiger partial charge in [0.1, 0.15) is 0 Å². The van der Waals surface area contributed by atoms with Gasteiger partial charge in [-0.05, 0) is 13.8 Å². The van der Waals surface area contributed by atoms with Crippen LogP contribution in [-0.2, 0) is 13.0 Å². The largest absolute Gasteiger partial charge is 0.424 e. The van der Waals surface area contributed by atoms with Gasteiger partial charge in [-0.2, -0.15) is 0 Å². The Morgan fingerprint density at radius 1 is 1.27 bits per heavy atom. The fraction of sp³-hybridized carbons (Fsp3) is 0.667. The van der Waals surface area contributed by atoms with Crippen molar-refractivity contribution in [2.24, 2.45) is 0 Å². The van der Waals surface area contributed by atoms with Crippen LogP contribution in [0.1, 0.15) is 42.4 Å². The summed E-state index contributed by atoms with van der Waals surface area (Å²) in [4.78, 5) is 9.42. The standard InChI is InChI=1S/C15H23N5OS/c1-4-14-17-18-15(21-14)11(2)20-7-5-19(6-8-20)9-13-10-22-12(3)16-13/h10-11H,4-9H2,1-3H3/t11-/m1/s1. The molecule has 0 N–H and O–H groups in total. The van der Waals surface area contributed by atoms with Gasteiger partial charge in [0, 0.05) is 44.5 Å². The lowest BCUT2D eigenvalue weighted by Gasteiger charge is -2.36. The topological polar surface area (TPSA) is 58.3 Å². The molecule has 1 atom stereocenters. The van der Waals surface area contributed by atoms with Crippen molar-refractivity contribution in [1.82, 2.24) is 25.0 Å². The Kier molecular flexibility index (Phi) is 4.85. The second-order valence-electron chi connectivity index (χ2n) is 5.73. The summed E-state index contributed by atoms with van der Waals surface area (Å²) in [6.45, 7) is 11.3. The van der Waals surface area contributed by atoms with Crippen molar-refractivity contribution in [3.05, 3.63) is 27.9 Å². The van der Waals surface area contributed by atoms with Gasteiger partial charge in [0.25, 0.3) is 0 Å². The molecule has 0 aromatic carbocycles. The molecule has 3 heterocycles. The van der Waals surface area contributed by atoms with Gasteiger partial charge >= 0.3 is 0 Å². The van der Waals surface area contributed by atoms with E-state index in [9.17, 15) is 0 Å². The van der Waals surface area contributed by atoms with Crippen LogP contribution in [0.25, 0.3) is 0 Å². The maximum atomic E-state index is 5.69. The van der Waals surface area contributed by atoms with Crippen LogP contribution in [0.4, 0.5) is 0 Å². The zero-order chi connectivity index (χ0) is 15.5. The summed E-state index contributed by atoms with van der Waals surface area (Å²) in [5.74, 6) is 1.46. The molecular weight excluding hydrogens is 298 g/mol. The van der Waals surface area contributed by atoms with E-state index < -0.39 is 0 Å². The SMILES string of the molecule is CCc1nnc([C@@H](C)N2CCN(Cc3csc(C)n3)CC2)o1. The molecule has 0 amide bonds. The van der Waals surface area contributed by atoms with E-state index in [-0.39, 0.29) is 6.04 Å². The Balaban J connectivity index is 1.52. The van der Waals surface area contributed by atoms with Crippen molar-refractivity contribution in [2.75, 3.05) is 26.2 Å². The minimum Gasteiger partial charge on any atom is -0.424 e. The predicted octanol–water partition coefficient (Wildman–Crippen LogP) is 2.28. The molecule has 7 heteroatoms. The smallest absolute Gasteiger partial charge is 0.233 e. The van der Waals surface area contributed by atoms with Gasteiger partial charge < -0.3 is 4.42 Å². The lowest BCUT2D eigenvalue weighted by Crippen LogP contribution is -2.46. The van der Waals surface area contributed by atoms with E-state index >= 15 is 0 Å². The van der Waals surface area contributed by atoms with Crippen LogP contribution in [0.15, 0.2) is 9.80 Å². The van der Waals surface area contributed by atoms with Gasteiger partial charge in [0.2, 0.25) is 11.8 Å². The van der Waals surface area contributed by atoms with Crippen LogP contribution in [0.5, 0.6) is 0 Å². The van der Waals surface area contributed by atoms with Gasteiger partial charge in [-0.1, -0.05) is 6.92 Å². The second kappa shape index (κ2) is 6.85. The fourth-order valence-electron chi connectivity index (χ4n) is 2.75. The molecule has 0 unspecified atom stereocenters. The molecule has 1 aliphatic rings. The number of aromatic nitrogens is 3. The monoisotopic (exact) mass is 321 g/mol. The zero-order valence-corrected chi connectivity index (χ0v) is 14.3. The Bertz CT molecular complexity index is 603. The molecule has 1 fully saturated rings. The summed E-state index contributed by atoms with van der Waals surface area (Å²) in [7, 11) is 0. The number of hydrogen-bond acceptors (Lipinski definition) is 7. The molecule has 0 spiro atoms. The molecule has 3 rings (SSSR count). The highest BCUT2D eigenvalue weighted by Crippen LogP contribution is 2.21. The number of aryl methyl sites for hydroxylation is 2. The van der Waals surface area contributed by atoms with E-state index in [1.165, 1.54) is 5.69 Å². The first kappa shape index (κ1) is 15.6. The molecule has 1 aliphatic heterocycles. The van der Waals surface area contributed by atoms with Crippen LogP contribution in [0.2, 0.25) is 0 Å². The third-order valence-corrected chi connectivity index (χ3v) is 4.97. The molecule has 0 bridgehead atoms. The van der Waals surface area contributed by atoms with E-state index in [0.717, 1.165) is 55.9 Å². The summed E-state index contributed by atoms with van der Waals surface area (Å²) >= 11 is 1.72. The predicted molar refractivity (Wildman–Crippen MR) is 85.8 cm³/mol. The first-order chi connectivity index (χ1) is 10.7. The van der Waals surface area contributed by atoms with Crippen molar-refractivity contribution in [1.29, 1.82) is 0 Å². The van der Waals surface area contributed by atoms with E-state index in [1.807, 2.05) is 6.92 Å². The third kappa shape index (κ3) is 3.53. The summed E-state index contributed by atoms with van der Waals surface area (Å²) < 4.78 is 5.69. The number of piperazine rings is 1. The molecule has 22 heavy (non-hydrogen) atoms. The second-order valence-corrected chi connectivity index (χ2v) is 6.80.